The zero-order valence-corrected chi connectivity index (χ0v) is 19.6. The Balaban J connectivity index is 1.60. The third kappa shape index (κ3) is 4.86. The molecule has 3 heterocycles. The number of anilines is 2. The van der Waals surface area contributed by atoms with Crippen LogP contribution in [0.2, 0.25) is 0 Å². The van der Waals surface area contributed by atoms with Gasteiger partial charge in [0.1, 0.15) is 11.5 Å². The number of carbonyl (C=O) groups is 2. The topological polar surface area (TPSA) is 141 Å². The Kier molecular flexibility index (Phi) is 6.54. The lowest BCUT2D eigenvalue weighted by Gasteiger charge is -2.30. The Labute approximate surface area is 200 Å². The second-order valence-corrected chi connectivity index (χ2v) is 8.43. The Morgan fingerprint density at radius 2 is 1.89 bits per heavy atom. The van der Waals surface area contributed by atoms with Gasteiger partial charge in [-0.1, -0.05) is 0 Å². The number of likely N-dealkylation sites (tertiary alicyclic amines) is 1. The van der Waals surface area contributed by atoms with E-state index >= 15 is 0 Å². The number of carbonyl (C=O) groups excluding carboxylic acids is 1. The number of rotatable bonds is 4. The van der Waals surface area contributed by atoms with Gasteiger partial charge >= 0.3 is 12.1 Å². The number of fused-ring (bicyclic) bond motifs is 1. The summed E-state index contributed by atoms with van der Waals surface area (Å²) in [5, 5.41) is 17.8. The molecule has 2 aromatic heterocycles. The average molecular weight is 484 g/mol. The highest BCUT2D eigenvalue weighted by Gasteiger charge is 2.24. The molecule has 11 nitrogen and oxygen atoms in total. The molecule has 1 aliphatic rings. The molecule has 4 N–H and O–H groups in total. The quantitative estimate of drug-likeness (QED) is 0.447. The van der Waals surface area contributed by atoms with E-state index in [1.54, 1.807) is 33.3 Å². The van der Waals surface area contributed by atoms with Crippen molar-refractivity contribution in [2.75, 3.05) is 30.8 Å². The highest BCUT2D eigenvalue weighted by atomic mass is 19.1. The molecule has 0 radical (unpaired) electrons. The summed E-state index contributed by atoms with van der Waals surface area (Å²) in [7, 11) is 3.28. The zero-order chi connectivity index (χ0) is 25.3. The van der Waals surface area contributed by atoms with Gasteiger partial charge in [-0.05, 0) is 49.1 Å². The lowest BCUT2D eigenvalue weighted by Crippen LogP contribution is -2.47. The van der Waals surface area contributed by atoms with Crippen LogP contribution in [0.15, 0.2) is 29.2 Å². The van der Waals surface area contributed by atoms with Crippen LogP contribution in [-0.4, -0.2) is 62.8 Å². The lowest BCUT2D eigenvalue weighted by molar-refractivity contribution is 0.130. The summed E-state index contributed by atoms with van der Waals surface area (Å²) in [6.07, 6.45) is 1.53. The van der Waals surface area contributed by atoms with Gasteiger partial charge < -0.3 is 26.0 Å². The van der Waals surface area contributed by atoms with E-state index in [2.05, 4.69) is 25.9 Å². The molecule has 0 saturated carbocycles. The molecule has 3 amide bonds. The van der Waals surface area contributed by atoms with E-state index in [1.165, 1.54) is 21.6 Å². The van der Waals surface area contributed by atoms with Crippen molar-refractivity contribution in [3.8, 4) is 11.1 Å². The highest BCUT2D eigenvalue weighted by Crippen LogP contribution is 2.29. The van der Waals surface area contributed by atoms with Gasteiger partial charge in [-0.25, -0.2) is 19.0 Å². The molecular formula is C23H26FN7O4. The molecule has 0 unspecified atom stereocenters. The number of amides is 3. The molecule has 1 fully saturated rings. The van der Waals surface area contributed by atoms with Crippen molar-refractivity contribution >= 4 is 34.8 Å². The van der Waals surface area contributed by atoms with Crippen LogP contribution in [0.25, 0.3) is 22.2 Å². The number of benzene rings is 1. The second kappa shape index (κ2) is 9.57. The monoisotopic (exact) mass is 483 g/mol. The molecule has 1 aliphatic heterocycles. The Morgan fingerprint density at radius 3 is 2.54 bits per heavy atom. The summed E-state index contributed by atoms with van der Waals surface area (Å²) < 4.78 is 16.1. The third-order valence-electron chi connectivity index (χ3n) is 6.13. The molecule has 0 spiro atoms. The first kappa shape index (κ1) is 23.9. The summed E-state index contributed by atoms with van der Waals surface area (Å²) in [6, 6.07) is 3.52. The van der Waals surface area contributed by atoms with Gasteiger partial charge in [0.2, 0.25) is 5.95 Å². The van der Waals surface area contributed by atoms with Crippen LogP contribution >= 0.6 is 0 Å². The Morgan fingerprint density at radius 1 is 1.17 bits per heavy atom. The normalized spacial score (nSPS) is 14.1. The van der Waals surface area contributed by atoms with E-state index in [-0.39, 0.29) is 17.3 Å². The predicted octanol–water partition coefficient (Wildman–Crippen LogP) is 2.75. The minimum atomic E-state index is -0.990. The van der Waals surface area contributed by atoms with Crippen molar-refractivity contribution in [3.63, 3.8) is 0 Å². The number of hydrogen-bond donors (Lipinski definition) is 4. The Hall–Kier alpha value is -4.22. The van der Waals surface area contributed by atoms with Crippen LogP contribution in [0.3, 0.4) is 0 Å². The lowest BCUT2D eigenvalue weighted by atomic mass is 9.99. The van der Waals surface area contributed by atoms with E-state index in [4.69, 9.17) is 5.11 Å². The molecule has 3 aromatic rings. The number of aromatic nitrogens is 3. The van der Waals surface area contributed by atoms with Crippen LogP contribution in [0.1, 0.15) is 18.4 Å². The van der Waals surface area contributed by atoms with Gasteiger partial charge in [0.25, 0.3) is 5.56 Å². The second-order valence-electron chi connectivity index (χ2n) is 8.43. The summed E-state index contributed by atoms with van der Waals surface area (Å²) >= 11 is 0. The first-order valence-corrected chi connectivity index (χ1v) is 11.1. The van der Waals surface area contributed by atoms with E-state index in [0.29, 0.717) is 59.6 Å². The molecule has 35 heavy (non-hydrogen) atoms. The van der Waals surface area contributed by atoms with Crippen molar-refractivity contribution in [2.45, 2.75) is 25.8 Å². The maximum absolute atomic E-state index is 14.7. The zero-order valence-electron chi connectivity index (χ0n) is 19.6. The first-order chi connectivity index (χ1) is 16.7. The SMILES string of the molecule is CNc1ncc2cc(-c3cc(NC(=O)NC4CCN(C(=O)O)CC4)c(F)cc3C)c(=O)n(C)c2n1. The van der Waals surface area contributed by atoms with Crippen LogP contribution in [0.4, 0.5) is 25.6 Å². The summed E-state index contributed by atoms with van der Waals surface area (Å²) in [4.78, 5) is 46.5. The van der Waals surface area contributed by atoms with Crippen molar-refractivity contribution in [1.82, 2.24) is 24.8 Å². The minimum Gasteiger partial charge on any atom is -0.465 e. The van der Waals surface area contributed by atoms with Crippen LogP contribution in [0, 0.1) is 12.7 Å². The minimum absolute atomic E-state index is 0.0741. The fourth-order valence-corrected chi connectivity index (χ4v) is 4.18. The molecule has 0 bridgehead atoms. The number of nitrogens with one attached hydrogen (secondary N) is 3. The summed E-state index contributed by atoms with van der Waals surface area (Å²) in [5.74, 6) is -0.258. The van der Waals surface area contributed by atoms with Gasteiger partial charge in [0.05, 0.1) is 5.69 Å². The molecule has 184 valence electrons. The number of halogens is 1. The highest BCUT2D eigenvalue weighted by molar-refractivity contribution is 5.91. The van der Waals surface area contributed by atoms with Crippen molar-refractivity contribution < 1.29 is 19.1 Å². The number of piperidine rings is 1. The van der Waals surface area contributed by atoms with Crippen molar-refractivity contribution in [2.24, 2.45) is 7.05 Å². The maximum atomic E-state index is 14.7. The molecule has 1 saturated heterocycles. The van der Waals surface area contributed by atoms with E-state index < -0.39 is 17.9 Å². The van der Waals surface area contributed by atoms with Crippen LogP contribution < -0.4 is 21.5 Å². The number of aryl methyl sites for hydroxylation is 2. The predicted molar refractivity (Wildman–Crippen MR) is 129 cm³/mol. The molecule has 0 atom stereocenters. The number of nitrogens with zero attached hydrogens (tertiary/aromatic N) is 4. The standard InChI is InChI=1S/C23H26FN7O4/c1-12-8-17(24)18(28-22(33)27-14-4-6-31(7-5-14)23(34)35)10-15(12)16-9-13-11-26-21(25-2)29-19(13)30(3)20(16)32/h8-11,14H,4-7H2,1-3H3,(H,34,35)(H,25,26,29)(H2,27,28,33). The van der Waals surface area contributed by atoms with Gasteiger partial charge in [-0.15, -0.1) is 0 Å². The van der Waals surface area contributed by atoms with Crippen molar-refractivity contribution in [3.05, 3.63) is 46.1 Å². The van der Waals surface area contributed by atoms with Gasteiger partial charge in [0, 0.05) is 50.4 Å². The number of urea groups is 1. The number of carboxylic acid groups (broad SMARTS) is 1. The molecular weight excluding hydrogens is 457 g/mol. The van der Waals surface area contributed by atoms with Gasteiger partial charge in [0.15, 0.2) is 0 Å². The van der Waals surface area contributed by atoms with E-state index in [9.17, 15) is 18.8 Å². The number of hydrogen-bond acceptors (Lipinski definition) is 6. The Bertz CT molecular complexity index is 1370. The summed E-state index contributed by atoms with van der Waals surface area (Å²) in [5.41, 5.74) is 1.37. The fraction of sp³-hybridized carbons (Fsp3) is 0.348. The molecule has 1 aromatic carbocycles. The first-order valence-electron chi connectivity index (χ1n) is 11.1. The third-order valence-corrected chi connectivity index (χ3v) is 6.13. The largest absolute Gasteiger partial charge is 0.465 e. The maximum Gasteiger partial charge on any atom is 0.407 e. The average Bonchev–Trinajstić information content (AvgIpc) is 2.83. The molecule has 12 heteroatoms. The summed E-state index contributed by atoms with van der Waals surface area (Å²) in [6.45, 7) is 2.31. The van der Waals surface area contributed by atoms with Gasteiger partial charge in [-0.3, -0.25) is 9.36 Å². The van der Waals surface area contributed by atoms with Gasteiger partial charge in [-0.2, -0.15) is 4.98 Å². The van der Waals surface area contributed by atoms with Crippen LogP contribution in [-0.2, 0) is 7.05 Å². The van der Waals surface area contributed by atoms with Crippen LogP contribution in [0.5, 0.6) is 0 Å². The molecule has 0 aliphatic carbocycles. The van der Waals surface area contributed by atoms with Crippen molar-refractivity contribution in [1.29, 1.82) is 0 Å². The smallest absolute Gasteiger partial charge is 0.407 e. The van der Waals surface area contributed by atoms with E-state index in [0.717, 1.165) is 0 Å². The van der Waals surface area contributed by atoms with E-state index in [1.807, 2.05) is 0 Å². The number of pyridine rings is 1. The fourth-order valence-electron chi connectivity index (χ4n) is 4.18. The molecule has 4 rings (SSSR count).